The van der Waals surface area contributed by atoms with E-state index in [2.05, 4.69) is 38.3 Å². The van der Waals surface area contributed by atoms with Crippen LogP contribution in [0.5, 0.6) is 11.8 Å². The van der Waals surface area contributed by atoms with Gasteiger partial charge in [0.15, 0.2) is 5.82 Å². The third-order valence-corrected chi connectivity index (χ3v) is 9.43. The number of fused-ring (bicyclic) bond motifs is 3. The fourth-order valence-electron chi connectivity index (χ4n) is 7.07. The van der Waals surface area contributed by atoms with Crippen LogP contribution in [0.25, 0.3) is 32.8 Å². The number of benzene rings is 3. The predicted octanol–water partition coefficient (Wildman–Crippen LogP) is 6.70. The first-order valence-electron chi connectivity index (χ1n) is 16.4. The Kier molecular flexibility index (Phi) is 10.1. The van der Waals surface area contributed by atoms with E-state index < -0.39 is 11.6 Å². The molecule has 0 spiro atoms. The normalized spacial score (nSPS) is 19.2. The van der Waals surface area contributed by atoms with Crippen LogP contribution in [0.2, 0.25) is 0 Å². The summed E-state index contributed by atoms with van der Waals surface area (Å²) < 4.78 is 56.8. The van der Waals surface area contributed by atoms with Crippen molar-refractivity contribution in [3.8, 4) is 35.2 Å². The number of ether oxygens (including phenoxy) is 2. The lowest BCUT2D eigenvalue weighted by atomic mass is 9.93. The molecule has 2 saturated heterocycles. The van der Waals surface area contributed by atoms with Crippen molar-refractivity contribution in [1.82, 2.24) is 20.2 Å². The lowest BCUT2D eigenvalue weighted by Gasteiger charge is -2.30. The van der Waals surface area contributed by atoms with E-state index in [1.807, 2.05) is 0 Å². The highest BCUT2D eigenvalue weighted by Crippen LogP contribution is 2.42. The monoisotopic (exact) mass is 659 g/mol. The molecule has 48 heavy (non-hydrogen) atoms. The summed E-state index contributed by atoms with van der Waals surface area (Å²) in [6.07, 6.45) is 10.8. The summed E-state index contributed by atoms with van der Waals surface area (Å²) in [7, 11) is 1.64. The zero-order valence-corrected chi connectivity index (χ0v) is 27.2. The molecule has 0 radical (unpaired) electrons. The molecular weight excluding hydrogens is 619 g/mol. The second-order valence-electron chi connectivity index (χ2n) is 12.7. The third kappa shape index (κ3) is 6.52. The van der Waals surface area contributed by atoms with Gasteiger partial charge >= 0.3 is 6.01 Å². The maximum absolute atomic E-state index is 16.8. The zero-order chi connectivity index (χ0) is 33.8. The standard InChI is InChI=1S/C37H40F3N5O3/c1-4-6-13-41-25(21-47-3)19-42-35-29-10-9-28(30-16-26(46)15-24-8-11-31(39)27(5-2)32(24)30)33(40)34(29)43-36(44-35)48-22-37-12-7-14-45(37)20-23(17-37)18-38/h2,8-11,15-16,18,25,41,46H,4,6-7,12-14,17,19-22H2,1,3H3,(H,42,43,44)/b23-18+. The van der Waals surface area contributed by atoms with Crippen molar-refractivity contribution in [1.29, 1.82) is 0 Å². The predicted molar refractivity (Wildman–Crippen MR) is 182 cm³/mol. The van der Waals surface area contributed by atoms with Crippen LogP contribution in [-0.2, 0) is 4.74 Å². The zero-order valence-electron chi connectivity index (χ0n) is 27.2. The van der Waals surface area contributed by atoms with E-state index in [1.54, 1.807) is 19.2 Å². The number of methoxy groups -OCH3 is 1. The molecule has 2 unspecified atom stereocenters. The molecule has 2 aliphatic rings. The number of nitrogens with one attached hydrogen (secondary N) is 2. The highest BCUT2D eigenvalue weighted by atomic mass is 19.1. The Morgan fingerprint density at radius 1 is 1.19 bits per heavy atom. The maximum Gasteiger partial charge on any atom is 0.319 e. The Labute approximate surface area is 278 Å². The Balaban J connectivity index is 1.43. The number of aromatic hydroxyl groups is 1. The summed E-state index contributed by atoms with van der Waals surface area (Å²) in [5, 5.41) is 18.6. The van der Waals surface area contributed by atoms with Gasteiger partial charge in [0.05, 0.1) is 24.0 Å². The number of hydrogen-bond donors (Lipinski definition) is 3. The van der Waals surface area contributed by atoms with E-state index in [-0.39, 0.29) is 52.2 Å². The van der Waals surface area contributed by atoms with E-state index in [9.17, 15) is 13.9 Å². The van der Waals surface area contributed by atoms with Crippen molar-refractivity contribution >= 4 is 27.5 Å². The largest absolute Gasteiger partial charge is 0.508 e. The molecular formula is C37H40F3N5O3. The summed E-state index contributed by atoms with van der Waals surface area (Å²) in [6, 6.07) is 8.70. The average molecular weight is 660 g/mol. The van der Waals surface area contributed by atoms with E-state index in [0.29, 0.717) is 54.4 Å². The van der Waals surface area contributed by atoms with Crippen molar-refractivity contribution in [2.24, 2.45) is 0 Å². The van der Waals surface area contributed by atoms with Crippen molar-refractivity contribution in [3.05, 3.63) is 65.5 Å². The maximum atomic E-state index is 16.8. The molecule has 0 bridgehead atoms. The second-order valence-corrected chi connectivity index (χ2v) is 12.7. The van der Waals surface area contributed by atoms with Crippen molar-refractivity contribution in [2.45, 2.75) is 50.6 Å². The smallest absolute Gasteiger partial charge is 0.319 e. The minimum absolute atomic E-state index is 0.0195. The minimum atomic E-state index is -0.708. The molecule has 2 atom stereocenters. The first-order chi connectivity index (χ1) is 23.3. The molecule has 2 fully saturated rings. The highest BCUT2D eigenvalue weighted by Gasteiger charge is 2.47. The van der Waals surface area contributed by atoms with Gasteiger partial charge in [-0.25, -0.2) is 13.2 Å². The first-order valence-corrected chi connectivity index (χ1v) is 16.4. The second kappa shape index (κ2) is 14.4. The van der Waals surface area contributed by atoms with E-state index in [0.717, 1.165) is 44.3 Å². The molecule has 0 amide bonds. The van der Waals surface area contributed by atoms with Crippen LogP contribution in [-0.4, -0.2) is 78.1 Å². The fraction of sp³-hybridized carbons (Fsp3) is 0.405. The van der Waals surface area contributed by atoms with Crippen LogP contribution in [0, 0.1) is 24.0 Å². The fourth-order valence-corrected chi connectivity index (χ4v) is 7.07. The van der Waals surface area contributed by atoms with Gasteiger partial charge in [-0.2, -0.15) is 9.97 Å². The Hall–Kier alpha value is -4.37. The molecule has 0 saturated carbocycles. The van der Waals surface area contributed by atoms with Gasteiger partial charge in [0.25, 0.3) is 0 Å². The van der Waals surface area contributed by atoms with E-state index >= 15 is 4.39 Å². The average Bonchev–Trinajstić information content (AvgIpc) is 3.64. The topological polar surface area (TPSA) is 91.8 Å². The van der Waals surface area contributed by atoms with Crippen molar-refractivity contribution in [2.75, 3.05) is 51.8 Å². The van der Waals surface area contributed by atoms with Gasteiger partial charge in [-0.05, 0) is 79.6 Å². The Morgan fingerprint density at radius 2 is 2.04 bits per heavy atom. The number of hydrogen-bond acceptors (Lipinski definition) is 8. The van der Waals surface area contributed by atoms with Gasteiger partial charge in [0, 0.05) is 42.6 Å². The number of halogens is 3. The highest BCUT2D eigenvalue weighted by molar-refractivity contribution is 6.04. The molecule has 3 heterocycles. The van der Waals surface area contributed by atoms with Crippen LogP contribution < -0.4 is 15.4 Å². The Bertz CT molecular complexity index is 1890. The lowest BCUT2D eigenvalue weighted by molar-refractivity contribution is 0.108. The van der Waals surface area contributed by atoms with Gasteiger partial charge in [-0.3, -0.25) is 4.90 Å². The summed E-state index contributed by atoms with van der Waals surface area (Å²) in [5.41, 5.74) is 0.589. The summed E-state index contributed by atoms with van der Waals surface area (Å²) in [6.45, 7) is 5.41. The molecule has 2 aliphatic heterocycles. The lowest BCUT2D eigenvalue weighted by Crippen LogP contribution is -2.43. The molecule has 6 rings (SSSR count). The molecule has 0 aliphatic carbocycles. The molecule has 1 aromatic heterocycles. The van der Waals surface area contributed by atoms with Gasteiger partial charge in [0.1, 0.15) is 29.5 Å². The minimum Gasteiger partial charge on any atom is -0.508 e. The number of phenols is 1. The van der Waals surface area contributed by atoms with E-state index in [4.69, 9.17) is 15.9 Å². The molecule has 11 heteroatoms. The number of terminal acetylenes is 1. The van der Waals surface area contributed by atoms with Crippen LogP contribution in [0.15, 0.2) is 48.3 Å². The molecule has 8 nitrogen and oxygen atoms in total. The molecule has 3 N–H and O–H groups in total. The first kappa shape index (κ1) is 33.5. The quantitative estimate of drug-likeness (QED) is 0.108. The van der Waals surface area contributed by atoms with Crippen LogP contribution in [0.1, 0.15) is 44.6 Å². The number of unbranched alkanes of at least 4 members (excludes halogenated alkanes) is 1. The van der Waals surface area contributed by atoms with Gasteiger partial charge in [-0.15, -0.1) is 6.42 Å². The van der Waals surface area contributed by atoms with Gasteiger partial charge in [0.2, 0.25) is 0 Å². The summed E-state index contributed by atoms with van der Waals surface area (Å²) in [4.78, 5) is 11.5. The molecule has 3 aromatic carbocycles. The Morgan fingerprint density at radius 3 is 2.81 bits per heavy atom. The van der Waals surface area contributed by atoms with Crippen LogP contribution in [0.4, 0.5) is 19.0 Å². The van der Waals surface area contributed by atoms with Crippen LogP contribution in [0.3, 0.4) is 0 Å². The van der Waals surface area contributed by atoms with Crippen molar-refractivity contribution in [3.63, 3.8) is 0 Å². The number of rotatable bonds is 13. The molecule has 4 aromatic rings. The summed E-state index contributed by atoms with van der Waals surface area (Å²) in [5.74, 6) is 1.29. The number of nitrogens with zero attached hydrogens (tertiary/aromatic N) is 3. The van der Waals surface area contributed by atoms with E-state index in [1.165, 1.54) is 24.3 Å². The number of anilines is 1. The van der Waals surface area contributed by atoms with Gasteiger partial charge < -0.3 is 25.2 Å². The van der Waals surface area contributed by atoms with Crippen molar-refractivity contribution < 1.29 is 27.8 Å². The SMILES string of the molecule is C#Cc1c(F)ccc2cc(O)cc(-c3ccc4c(NCC(COC)NCCCC)nc(OCC56CCCN5C/C(=C/F)C6)nc4c3F)c12. The number of aromatic nitrogens is 2. The number of phenolic OH excluding ortho intramolecular Hbond substituents is 1. The third-order valence-electron chi connectivity index (χ3n) is 9.43. The molecule has 252 valence electrons. The van der Waals surface area contributed by atoms with Gasteiger partial charge in [-0.1, -0.05) is 31.4 Å². The summed E-state index contributed by atoms with van der Waals surface area (Å²) >= 11 is 0. The van der Waals surface area contributed by atoms with Crippen LogP contribution >= 0.6 is 0 Å².